The van der Waals surface area contributed by atoms with Crippen LogP contribution in [0.4, 0.5) is 10.5 Å². The highest BCUT2D eigenvalue weighted by atomic mass is 79.9. The number of nitrogens with one attached hydrogen (secondary N) is 1. The largest absolute Gasteiger partial charge is 0.436 e. The molecule has 3 fully saturated rings. The molecule has 0 radical (unpaired) electrons. The molecular weight excluding hydrogens is 752 g/mol. The van der Waals surface area contributed by atoms with Crippen molar-refractivity contribution in [3.63, 3.8) is 0 Å². The number of hydrogen-bond donors (Lipinski definition) is 1. The Hall–Kier alpha value is -2.67. The first-order valence-corrected chi connectivity index (χ1v) is 19.4. The summed E-state index contributed by atoms with van der Waals surface area (Å²) in [6.07, 6.45) is 3.79. The number of carbonyl (C=O) groups excluding carboxylic acids is 3. The number of ether oxygens (including phenoxy) is 1. The Morgan fingerprint density at radius 3 is 2.22 bits per heavy atom. The Kier molecular flexibility index (Phi) is 13.8. The van der Waals surface area contributed by atoms with Gasteiger partial charge in [0.15, 0.2) is 6.10 Å². The van der Waals surface area contributed by atoms with Crippen molar-refractivity contribution in [2.24, 2.45) is 0 Å². The maximum absolute atomic E-state index is 14.0. The zero-order chi connectivity index (χ0) is 34.9. The molecule has 3 aliphatic rings. The predicted octanol–water partition coefficient (Wildman–Crippen LogP) is 5.48. The summed E-state index contributed by atoms with van der Waals surface area (Å²) in [7, 11) is 1.90. The first kappa shape index (κ1) is 37.6. The molecule has 3 aliphatic heterocycles. The molecule has 1 N–H and O–H groups in total. The SMILES string of the molecule is CNc1ccccc1CCN(C=O)C1CCN(C(=O)O[C@H](Cc2ccc(Br)c(Br)c2)C(=O)N2CCC(N3CCN(C(C)C)CC3)CC2)CC1. The number of nitrogens with zero attached hydrogens (tertiary/aromatic N) is 5. The molecule has 0 bridgehead atoms. The Morgan fingerprint density at radius 2 is 1.59 bits per heavy atom. The lowest BCUT2D eigenvalue weighted by Gasteiger charge is -2.44. The summed E-state index contributed by atoms with van der Waals surface area (Å²) in [5.74, 6) is -0.126. The van der Waals surface area contributed by atoms with Crippen LogP contribution in [0.2, 0.25) is 0 Å². The first-order valence-electron chi connectivity index (χ1n) is 17.8. The smallest absolute Gasteiger partial charge is 0.410 e. The fourth-order valence-corrected chi connectivity index (χ4v) is 8.14. The maximum atomic E-state index is 14.0. The van der Waals surface area contributed by atoms with E-state index in [0.717, 1.165) is 72.0 Å². The second-order valence-electron chi connectivity index (χ2n) is 13.8. The van der Waals surface area contributed by atoms with Gasteiger partial charge < -0.3 is 24.8 Å². The van der Waals surface area contributed by atoms with Gasteiger partial charge in [-0.3, -0.25) is 19.4 Å². The molecule has 10 nitrogen and oxygen atoms in total. The van der Waals surface area contributed by atoms with Crippen LogP contribution in [0.5, 0.6) is 0 Å². The van der Waals surface area contributed by atoms with Gasteiger partial charge in [-0.25, -0.2) is 4.79 Å². The third-order valence-electron chi connectivity index (χ3n) is 10.5. The molecule has 2 aromatic rings. The fraction of sp³-hybridized carbons (Fsp3) is 0.595. The normalized spacial score (nSPS) is 19.1. The van der Waals surface area contributed by atoms with Crippen molar-refractivity contribution in [2.45, 2.75) is 76.6 Å². The maximum Gasteiger partial charge on any atom is 0.410 e. The van der Waals surface area contributed by atoms with E-state index in [1.165, 1.54) is 5.56 Å². The van der Waals surface area contributed by atoms with Crippen LogP contribution in [0.3, 0.4) is 0 Å². The van der Waals surface area contributed by atoms with E-state index in [2.05, 4.69) is 66.9 Å². The fourth-order valence-electron chi connectivity index (χ4n) is 7.46. The molecule has 0 saturated carbocycles. The Labute approximate surface area is 308 Å². The van der Waals surface area contributed by atoms with E-state index in [1.807, 2.05) is 53.2 Å². The average Bonchev–Trinajstić information content (AvgIpc) is 3.13. The zero-order valence-electron chi connectivity index (χ0n) is 29.2. The highest BCUT2D eigenvalue weighted by Crippen LogP contribution is 2.27. The summed E-state index contributed by atoms with van der Waals surface area (Å²) in [6.45, 7) is 11.7. The lowest BCUT2D eigenvalue weighted by Crippen LogP contribution is -2.56. The number of amides is 3. The Bertz CT molecular complexity index is 1410. The van der Waals surface area contributed by atoms with Gasteiger partial charge in [-0.15, -0.1) is 0 Å². The van der Waals surface area contributed by atoms with Crippen molar-refractivity contribution in [2.75, 3.05) is 71.3 Å². The van der Waals surface area contributed by atoms with Crippen LogP contribution in [-0.2, 0) is 27.2 Å². The van der Waals surface area contributed by atoms with Crippen LogP contribution in [-0.4, -0.2) is 133 Å². The standard InChI is InChI=1S/C37H52Br2N6O4/c1-27(2)41-20-22-42(23-21-41)30-11-16-43(17-12-30)36(47)35(25-28-8-9-32(38)33(39)24-28)49-37(48)44-18-13-31(14-19-44)45(26-46)15-10-29-6-4-5-7-34(29)40-3/h4-9,24,26-27,30-31,35,40H,10-23,25H2,1-3H3/t35-/m1/s1. The van der Waals surface area contributed by atoms with E-state index in [4.69, 9.17) is 4.74 Å². The van der Waals surface area contributed by atoms with Crippen molar-refractivity contribution in [3.8, 4) is 0 Å². The van der Waals surface area contributed by atoms with Gasteiger partial charge in [0, 0.05) is 105 Å². The quantitative estimate of drug-likeness (QED) is 0.285. The number of piperazine rings is 1. The van der Waals surface area contributed by atoms with Crippen LogP contribution in [0.15, 0.2) is 51.4 Å². The van der Waals surface area contributed by atoms with Crippen molar-refractivity contribution < 1.29 is 19.1 Å². The Morgan fingerprint density at radius 1 is 0.918 bits per heavy atom. The van der Waals surface area contributed by atoms with Crippen molar-refractivity contribution >= 4 is 56.0 Å². The molecule has 268 valence electrons. The summed E-state index contributed by atoms with van der Waals surface area (Å²) in [6, 6.07) is 15.1. The average molecular weight is 805 g/mol. The van der Waals surface area contributed by atoms with Crippen LogP contribution >= 0.6 is 31.9 Å². The summed E-state index contributed by atoms with van der Waals surface area (Å²) in [5, 5.41) is 3.22. The highest BCUT2D eigenvalue weighted by molar-refractivity contribution is 9.13. The van der Waals surface area contributed by atoms with Gasteiger partial charge in [0.1, 0.15) is 0 Å². The van der Waals surface area contributed by atoms with Gasteiger partial charge in [-0.05, 0) is 107 Å². The molecule has 1 atom stereocenters. The van der Waals surface area contributed by atoms with Gasteiger partial charge in [0.2, 0.25) is 6.41 Å². The summed E-state index contributed by atoms with van der Waals surface area (Å²) in [4.78, 5) is 50.3. The van der Waals surface area contributed by atoms with E-state index in [9.17, 15) is 14.4 Å². The van der Waals surface area contributed by atoms with Crippen molar-refractivity contribution in [1.82, 2.24) is 24.5 Å². The van der Waals surface area contributed by atoms with Gasteiger partial charge in [0.05, 0.1) is 0 Å². The molecule has 49 heavy (non-hydrogen) atoms. The van der Waals surface area contributed by atoms with Gasteiger partial charge in [0.25, 0.3) is 5.91 Å². The number of likely N-dealkylation sites (tertiary alicyclic amines) is 2. The number of anilines is 1. The molecule has 5 rings (SSSR count). The zero-order valence-corrected chi connectivity index (χ0v) is 32.3. The highest BCUT2D eigenvalue weighted by Gasteiger charge is 2.35. The van der Waals surface area contributed by atoms with Crippen LogP contribution in [0.25, 0.3) is 0 Å². The molecule has 3 saturated heterocycles. The third kappa shape index (κ3) is 9.98. The van der Waals surface area contributed by atoms with Gasteiger partial charge in [-0.2, -0.15) is 0 Å². The second kappa shape index (κ2) is 18.0. The van der Waals surface area contributed by atoms with Crippen molar-refractivity contribution in [1.29, 1.82) is 0 Å². The molecule has 12 heteroatoms. The summed E-state index contributed by atoms with van der Waals surface area (Å²) < 4.78 is 7.88. The third-order valence-corrected chi connectivity index (χ3v) is 12.4. The summed E-state index contributed by atoms with van der Waals surface area (Å²) >= 11 is 7.10. The molecule has 0 spiro atoms. The molecule has 0 aliphatic carbocycles. The molecule has 3 heterocycles. The number of carbonyl (C=O) groups is 3. The monoisotopic (exact) mass is 802 g/mol. The van der Waals surface area contributed by atoms with E-state index >= 15 is 0 Å². The second-order valence-corrected chi connectivity index (χ2v) is 15.5. The van der Waals surface area contributed by atoms with Gasteiger partial charge in [-0.1, -0.05) is 24.3 Å². The molecule has 0 aromatic heterocycles. The molecule has 3 amide bonds. The summed E-state index contributed by atoms with van der Waals surface area (Å²) in [5.41, 5.74) is 3.15. The first-order chi connectivity index (χ1) is 23.7. The van der Waals surface area contributed by atoms with Gasteiger partial charge >= 0.3 is 6.09 Å². The molecule has 0 unspecified atom stereocenters. The minimum absolute atomic E-state index is 0.0514. The number of rotatable bonds is 12. The predicted molar refractivity (Wildman–Crippen MR) is 201 cm³/mol. The lowest BCUT2D eigenvalue weighted by atomic mass is 10.00. The number of para-hydroxylation sites is 1. The number of halogens is 2. The van der Waals surface area contributed by atoms with Crippen molar-refractivity contribution in [3.05, 3.63) is 62.5 Å². The molecule has 2 aromatic carbocycles. The molecular formula is C37H52Br2N6O4. The van der Waals surface area contributed by atoms with Crippen LogP contribution < -0.4 is 5.32 Å². The number of benzene rings is 2. The van der Waals surface area contributed by atoms with E-state index in [-0.39, 0.29) is 11.9 Å². The lowest BCUT2D eigenvalue weighted by molar-refractivity contribution is -0.142. The number of hydrogen-bond acceptors (Lipinski definition) is 7. The topological polar surface area (TPSA) is 88.7 Å². The Balaban J connectivity index is 1.17. The van der Waals surface area contributed by atoms with E-state index in [1.54, 1.807) is 4.90 Å². The van der Waals surface area contributed by atoms with Crippen LogP contribution in [0.1, 0.15) is 50.7 Å². The number of piperidine rings is 2. The minimum Gasteiger partial charge on any atom is -0.436 e. The van der Waals surface area contributed by atoms with E-state index in [0.29, 0.717) is 64.1 Å². The van der Waals surface area contributed by atoms with E-state index < -0.39 is 12.2 Å². The minimum atomic E-state index is -0.914. The van der Waals surface area contributed by atoms with Crippen LogP contribution in [0, 0.1) is 0 Å².